The van der Waals surface area contributed by atoms with Gasteiger partial charge in [0.15, 0.2) is 11.2 Å². The molecule has 1 aromatic heterocycles. The highest BCUT2D eigenvalue weighted by atomic mass is 32.2. The van der Waals surface area contributed by atoms with Crippen molar-refractivity contribution in [3.05, 3.63) is 36.2 Å². The number of amides is 2. The number of ether oxygens (including phenoxy) is 1. The van der Waals surface area contributed by atoms with E-state index >= 15 is 0 Å². The number of fused-ring (bicyclic) bond motifs is 3. The van der Waals surface area contributed by atoms with E-state index in [0.29, 0.717) is 6.54 Å². The number of carbonyl (C=O) groups is 2. The van der Waals surface area contributed by atoms with Crippen molar-refractivity contribution in [3.63, 3.8) is 0 Å². The van der Waals surface area contributed by atoms with Gasteiger partial charge in [0.2, 0.25) is 5.91 Å². The molecule has 2 atom stereocenters. The first-order valence-electron chi connectivity index (χ1n) is 13.0. The van der Waals surface area contributed by atoms with E-state index in [2.05, 4.69) is 22.4 Å². The molecule has 0 radical (unpaired) electrons. The summed E-state index contributed by atoms with van der Waals surface area (Å²) in [5.41, 5.74) is 0.400. The summed E-state index contributed by atoms with van der Waals surface area (Å²) in [6.45, 7) is 12.0. The van der Waals surface area contributed by atoms with Gasteiger partial charge in [-0.1, -0.05) is 26.0 Å². The van der Waals surface area contributed by atoms with Gasteiger partial charge >= 0.3 is 6.09 Å². The van der Waals surface area contributed by atoms with Crippen molar-refractivity contribution in [3.8, 4) is 0 Å². The van der Waals surface area contributed by atoms with Gasteiger partial charge in [0.05, 0.1) is 24.2 Å². The molecule has 1 aliphatic heterocycles. The first kappa shape index (κ1) is 28.2. The third-order valence-corrected chi connectivity index (χ3v) is 8.50. The molecule has 206 valence electrons. The second-order valence-corrected chi connectivity index (χ2v) is 12.1. The molecular weight excluding hydrogens is 504 g/mol. The molecule has 1 fully saturated rings. The van der Waals surface area contributed by atoms with Gasteiger partial charge in [-0.05, 0) is 56.2 Å². The van der Waals surface area contributed by atoms with Gasteiger partial charge in [-0.15, -0.1) is 0 Å². The van der Waals surface area contributed by atoms with Crippen LogP contribution in [-0.2, 0) is 13.7 Å². The average molecular weight is 544 g/mol. The Hall–Kier alpha value is -2.82. The fourth-order valence-corrected chi connectivity index (χ4v) is 5.27. The van der Waals surface area contributed by atoms with E-state index in [-0.39, 0.29) is 17.9 Å². The van der Waals surface area contributed by atoms with Gasteiger partial charge < -0.3 is 25.0 Å². The van der Waals surface area contributed by atoms with E-state index in [1.54, 1.807) is 0 Å². The van der Waals surface area contributed by atoms with Crippen LogP contribution in [-0.4, -0.2) is 62.9 Å². The summed E-state index contributed by atoms with van der Waals surface area (Å²) >= 11 is 1.28. The van der Waals surface area contributed by atoms with Crippen LogP contribution in [0.1, 0.15) is 66.3 Å². The number of hydrogen-bond donors (Lipinski definition) is 2. The zero-order valence-corrected chi connectivity index (χ0v) is 24.0. The zero-order valence-electron chi connectivity index (χ0n) is 23.2. The van der Waals surface area contributed by atoms with Gasteiger partial charge in [-0.2, -0.15) is 0 Å². The number of rotatable bonds is 8. The van der Waals surface area contributed by atoms with Crippen LogP contribution in [0.4, 0.5) is 4.79 Å². The maximum atomic E-state index is 13.5. The Labute approximate surface area is 227 Å². The number of benzene rings is 2. The van der Waals surface area contributed by atoms with Crippen molar-refractivity contribution in [1.29, 1.82) is 0 Å². The summed E-state index contributed by atoms with van der Waals surface area (Å²) in [5, 5.41) is 13.1. The largest absolute Gasteiger partial charge is 0.453 e. The van der Waals surface area contributed by atoms with E-state index in [4.69, 9.17) is 19.0 Å². The van der Waals surface area contributed by atoms with Gasteiger partial charge in [0.25, 0.3) is 0 Å². The van der Waals surface area contributed by atoms with E-state index < -0.39 is 23.3 Å². The van der Waals surface area contributed by atoms with Gasteiger partial charge in [-0.25, -0.2) is 9.78 Å². The van der Waals surface area contributed by atoms with Crippen LogP contribution in [0.15, 0.2) is 35.2 Å². The third kappa shape index (κ3) is 5.62. The predicted molar refractivity (Wildman–Crippen MR) is 150 cm³/mol. The van der Waals surface area contributed by atoms with Crippen molar-refractivity contribution < 1.29 is 23.6 Å². The Bertz CT molecular complexity index is 1330. The Balaban J connectivity index is 1.59. The van der Waals surface area contributed by atoms with Crippen molar-refractivity contribution in [2.75, 3.05) is 13.7 Å². The van der Waals surface area contributed by atoms with Crippen molar-refractivity contribution in [2.24, 2.45) is 5.92 Å². The summed E-state index contributed by atoms with van der Waals surface area (Å²) < 4.78 is 10.8. The molecule has 3 aromatic rings. The van der Waals surface area contributed by atoms with Crippen LogP contribution in [0.3, 0.4) is 0 Å². The number of imidazole rings is 1. The lowest BCUT2D eigenvalue weighted by molar-refractivity contribution is -0.135. The highest BCUT2D eigenvalue weighted by Crippen LogP contribution is 2.37. The number of hydrogen-bond acceptors (Lipinski definition) is 6. The maximum absolute atomic E-state index is 13.5. The minimum absolute atomic E-state index is 0.0868. The number of methoxy groups -OCH3 is 1. The normalized spacial score (nSPS) is 17.4. The number of nitrogens with one attached hydrogen (secondary N) is 2. The second-order valence-electron chi connectivity index (χ2n) is 11.3. The smallest absolute Gasteiger partial charge is 0.407 e. The molecule has 0 saturated carbocycles. The highest BCUT2D eigenvalue weighted by molar-refractivity contribution is 7.94. The SMILES string of the molecule is COC(=O)N[C@H](C(=O)N1CCC[C@H]1c1nc2c(ccc3cc(SOC(C)(C)C(C)(C)[OH2+])ccc32)[nH]1)C(C)C. The zero-order chi connectivity index (χ0) is 27.8. The van der Waals surface area contributed by atoms with Crippen LogP contribution in [0, 0.1) is 5.92 Å². The predicted octanol–water partition coefficient (Wildman–Crippen LogP) is 5.07. The summed E-state index contributed by atoms with van der Waals surface area (Å²) in [7, 11) is 1.29. The van der Waals surface area contributed by atoms with Gasteiger partial charge in [-0.3, -0.25) is 8.98 Å². The number of aromatic nitrogens is 2. The molecule has 4 N–H and O–H groups in total. The molecule has 0 aliphatic carbocycles. The Morgan fingerprint density at radius 3 is 2.61 bits per heavy atom. The van der Waals surface area contributed by atoms with Crippen LogP contribution in [0.25, 0.3) is 21.8 Å². The molecule has 10 heteroatoms. The quantitative estimate of drug-likeness (QED) is 0.303. The number of aromatic amines is 1. The molecule has 2 aromatic carbocycles. The molecule has 2 amide bonds. The molecule has 38 heavy (non-hydrogen) atoms. The van der Waals surface area contributed by atoms with Crippen molar-refractivity contribution >= 4 is 45.8 Å². The minimum Gasteiger partial charge on any atom is -0.453 e. The summed E-state index contributed by atoms with van der Waals surface area (Å²) in [4.78, 5) is 36.5. The lowest BCUT2D eigenvalue weighted by atomic mass is 9.90. The molecule has 2 heterocycles. The van der Waals surface area contributed by atoms with Gasteiger partial charge in [0, 0.05) is 42.7 Å². The van der Waals surface area contributed by atoms with Crippen LogP contribution < -0.4 is 5.32 Å². The lowest BCUT2D eigenvalue weighted by Gasteiger charge is -2.31. The second kappa shape index (κ2) is 10.7. The molecule has 1 aliphatic rings. The first-order valence-corrected chi connectivity index (χ1v) is 13.7. The van der Waals surface area contributed by atoms with Crippen molar-refractivity contribution in [2.45, 2.75) is 82.6 Å². The fraction of sp³-hybridized carbons (Fsp3) is 0.536. The number of alkyl carbamates (subject to hydrolysis) is 1. The molecule has 1 saturated heterocycles. The molecular formula is C28H39N4O5S+. The monoisotopic (exact) mass is 543 g/mol. The molecule has 0 unspecified atom stereocenters. The molecule has 0 bridgehead atoms. The lowest BCUT2D eigenvalue weighted by Crippen LogP contribution is -2.51. The third-order valence-electron chi connectivity index (χ3n) is 7.55. The summed E-state index contributed by atoms with van der Waals surface area (Å²) in [6.07, 6.45) is 1.05. The van der Waals surface area contributed by atoms with Crippen molar-refractivity contribution in [1.82, 2.24) is 20.2 Å². The van der Waals surface area contributed by atoms with Crippen LogP contribution >= 0.6 is 12.0 Å². The van der Waals surface area contributed by atoms with Crippen LogP contribution in [0.2, 0.25) is 0 Å². The standard InChI is InChI=1S/C28H38N4O5S/c1-16(2)22(31-26(34)36-7)25(33)32-14-8-9-21(32)24-29-20-13-10-17-15-18(11-12-19(17)23(20)30-24)38-37-28(5,6)27(3,4)35/h10-13,15-16,21-22,35H,8-9,14H2,1-7H3,(H,29,30)(H,31,34)/p+1/t21-,22-/m0/s1. The van der Waals surface area contributed by atoms with E-state index in [1.165, 1.54) is 19.2 Å². The highest BCUT2D eigenvalue weighted by Gasteiger charge is 2.42. The molecule has 0 spiro atoms. The Morgan fingerprint density at radius 2 is 1.95 bits per heavy atom. The average Bonchev–Trinajstić information content (AvgIpc) is 3.51. The first-order chi connectivity index (χ1) is 17.8. The fourth-order valence-electron chi connectivity index (χ4n) is 4.46. The number of H-pyrrole nitrogens is 1. The van der Waals surface area contributed by atoms with E-state index in [0.717, 1.165) is 45.4 Å². The van der Waals surface area contributed by atoms with Crippen LogP contribution in [0.5, 0.6) is 0 Å². The number of nitrogens with zero attached hydrogens (tertiary/aromatic N) is 2. The Kier molecular flexibility index (Phi) is 7.97. The summed E-state index contributed by atoms with van der Waals surface area (Å²) in [6, 6.07) is 9.32. The summed E-state index contributed by atoms with van der Waals surface area (Å²) in [5.74, 6) is 0.537. The number of carbonyl (C=O) groups excluding carboxylic acids is 2. The number of likely N-dealkylation sites (tertiary alicyclic amines) is 1. The van der Waals surface area contributed by atoms with E-state index in [9.17, 15) is 9.59 Å². The van der Waals surface area contributed by atoms with Gasteiger partial charge in [0.1, 0.15) is 11.9 Å². The Morgan fingerprint density at radius 1 is 1.21 bits per heavy atom. The molecule has 9 nitrogen and oxygen atoms in total. The van der Waals surface area contributed by atoms with E-state index in [1.807, 2.05) is 64.6 Å². The topological polar surface area (TPSA) is 119 Å². The molecule has 4 rings (SSSR count). The minimum atomic E-state index is -0.742. The maximum Gasteiger partial charge on any atom is 0.407 e.